The van der Waals surface area contributed by atoms with Crippen LogP contribution in [0.3, 0.4) is 0 Å². The highest BCUT2D eigenvalue weighted by atomic mass is 35.5. The van der Waals surface area contributed by atoms with Crippen molar-refractivity contribution in [2.24, 2.45) is 0 Å². The van der Waals surface area contributed by atoms with Gasteiger partial charge >= 0.3 is 0 Å². The molecule has 0 saturated carbocycles. The van der Waals surface area contributed by atoms with Crippen molar-refractivity contribution in [3.05, 3.63) is 45.2 Å². The van der Waals surface area contributed by atoms with E-state index < -0.39 is 0 Å². The number of benzene rings is 1. The zero-order valence-corrected chi connectivity index (χ0v) is 7.15. The smallest absolute Gasteiger partial charge is 0.241 e. The number of halogens is 2. The maximum atomic E-state index is 6.63. The summed E-state index contributed by atoms with van der Waals surface area (Å²) in [6.07, 6.45) is 0. The Morgan fingerprint density at radius 3 is 2.73 bits per heavy atom. The van der Waals surface area contributed by atoms with Gasteiger partial charge in [-0.15, -0.1) is 0 Å². The van der Waals surface area contributed by atoms with E-state index in [1.165, 1.54) is 0 Å². The molecule has 1 rings (SSSR count). The van der Waals surface area contributed by atoms with Gasteiger partial charge in [-0.05, 0) is 18.2 Å². The molecule has 0 unspecified atom stereocenters. The van der Waals surface area contributed by atoms with Gasteiger partial charge in [-0.3, -0.25) is 0 Å². The molecule has 11 heavy (non-hydrogen) atoms. The van der Waals surface area contributed by atoms with Gasteiger partial charge in [0.25, 0.3) is 0 Å². The Morgan fingerprint density at radius 2 is 2.09 bits per heavy atom. The minimum absolute atomic E-state index is 0.291. The molecule has 0 amide bonds. The van der Waals surface area contributed by atoms with Gasteiger partial charge in [-0.1, -0.05) is 23.2 Å². The second kappa shape index (κ2) is 3.61. The van der Waals surface area contributed by atoms with Crippen LogP contribution in [0, 0.1) is 6.57 Å². The molecule has 0 saturated heterocycles. The molecule has 1 nitrogen and oxygen atoms in total. The summed E-state index contributed by atoms with van der Waals surface area (Å²) in [7, 11) is 0. The number of nitrogens with zero attached hydrogens (tertiary/aromatic N) is 1. The molecule has 0 aromatic heterocycles. The van der Waals surface area contributed by atoms with Gasteiger partial charge in [-0.25, -0.2) is 6.57 Å². The molecule has 56 valence electrons. The van der Waals surface area contributed by atoms with E-state index in [0.717, 1.165) is 5.56 Å². The summed E-state index contributed by atoms with van der Waals surface area (Å²) in [5.74, 6) is 0. The summed E-state index contributed by atoms with van der Waals surface area (Å²) in [6.45, 7) is 6.92. The summed E-state index contributed by atoms with van der Waals surface area (Å²) >= 11 is 11.5. The normalized spacial score (nSPS) is 9.18. The Morgan fingerprint density at radius 1 is 1.36 bits per heavy atom. The lowest BCUT2D eigenvalue weighted by molar-refractivity contribution is 1.27. The molecular weight excluding hydrogens is 181 g/mol. The van der Waals surface area contributed by atoms with Crippen LogP contribution in [-0.4, -0.2) is 0 Å². The zero-order valence-electron chi connectivity index (χ0n) is 5.64. The molecule has 1 aromatic rings. The van der Waals surface area contributed by atoms with Crippen LogP contribution in [-0.2, 0) is 6.54 Å². The molecule has 0 radical (unpaired) electrons. The van der Waals surface area contributed by atoms with Crippen LogP contribution in [0.1, 0.15) is 5.56 Å². The molecule has 0 atom stereocenters. The van der Waals surface area contributed by atoms with Crippen molar-refractivity contribution in [1.29, 1.82) is 0 Å². The maximum absolute atomic E-state index is 6.63. The van der Waals surface area contributed by atoms with Gasteiger partial charge in [0, 0.05) is 5.02 Å². The first-order chi connectivity index (χ1) is 5.24. The fourth-order valence-electron chi connectivity index (χ4n) is 0.750. The minimum Gasteiger partial charge on any atom is -0.312 e. The van der Waals surface area contributed by atoms with Crippen molar-refractivity contribution in [2.45, 2.75) is 6.54 Å². The van der Waals surface area contributed by atoms with E-state index in [2.05, 4.69) is 4.85 Å². The first-order valence-electron chi connectivity index (χ1n) is 3.01. The summed E-state index contributed by atoms with van der Waals surface area (Å²) < 4.78 is 0. The van der Waals surface area contributed by atoms with Crippen molar-refractivity contribution >= 4 is 23.2 Å². The quantitative estimate of drug-likeness (QED) is 0.592. The average Bonchev–Trinajstić information content (AvgIpc) is 1.98. The maximum Gasteiger partial charge on any atom is 0.241 e. The van der Waals surface area contributed by atoms with Crippen LogP contribution in [0.2, 0.25) is 10.0 Å². The highest BCUT2D eigenvalue weighted by molar-refractivity contribution is 6.33. The molecule has 0 bridgehead atoms. The van der Waals surface area contributed by atoms with E-state index in [1.807, 2.05) is 0 Å². The van der Waals surface area contributed by atoms with Crippen molar-refractivity contribution in [2.75, 3.05) is 0 Å². The molecular formula is C8H5Cl2N. The lowest BCUT2D eigenvalue weighted by atomic mass is 10.2. The van der Waals surface area contributed by atoms with Gasteiger partial charge in [0.05, 0.1) is 10.6 Å². The molecule has 0 fully saturated rings. The van der Waals surface area contributed by atoms with Crippen LogP contribution in [0.25, 0.3) is 4.85 Å². The van der Waals surface area contributed by atoms with Gasteiger partial charge in [-0.2, -0.15) is 0 Å². The molecule has 1 aromatic carbocycles. The van der Waals surface area contributed by atoms with Gasteiger partial charge in [0.15, 0.2) is 0 Å². The predicted molar refractivity (Wildman–Crippen MR) is 46.8 cm³/mol. The van der Waals surface area contributed by atoms with Gasteiger partial charge in [0.1, 0.15) is 0 Å². The summed E-state index contributed by atoms with van der Waals surface area (Å²) in [6, 6.07) is 5.11. The predicted octanol–water partition coefficient (Wildman–Crippen LogP) is 3.41. The largest absolute Gasteiger partial charge is 0.312 e. The van der Waals surface area contributed by atoms with Crippen LogP contribution >= 0.6 is 23.2 Å². The Bertz CT molecular complexity index is 301. The van der Waals surface area contributed by atoms with Crippen LogP contribution < -0.4 is 0 Å². The molecule has 0 N–H and O–H groups in total. The highest BCUT2D eigenvalue weighted by Crippen LogP contribution is 2.20. The van der Waals surface area contributed by atoms with Gasteiger partial charge in [0.2, 0.25) is 6.54 Å². The van der Waals surface area contributed by atoms with Gasteiger partial charge < -0.3 is 4.85 Å². The first kappa shape index (κ1) is 8.39. The number of rotatable bonds is 1. The lowest BCUT2D eigenvalue weighted by Crippen LogP contribution is -1.80. The third-order valence-corrected chi connectivity index (χ3v) is 1.86. The summed E-state index contributed by atoms with van der Waals surface area (Å²) in [5, 5.41) is 1.22. The van der Waals surface area contributed by atoms with Crippen LogP contribution in [0.4, 0.5) is 0 Å². The van der Waals surface area contributed by atoms with E-state index >= 15 is 0 Å². The SMILES string of the molecule is [C-]#[N+]Cc1cc(Cl)ccc1Cl. The van der Waals surface area contributed by atoms with Crippen LogP contribution in [0.15, 0.2) is 18.2 Å². The third-order valence-electron chi connectivity index (χ3n) is 1.26. The number of hydrogen-bond acceptors (Lipinski definition) is 0. The molecule has 0 aliphatic rings. The fourth-order valence-corrected chi connectivity index (χ4v) is 1.12. The summed E-state index contributed by atoms with van der Waals surface area (Å²) in [5.41, 5.74) is 0.786. The topological polar surface area (TPSA) is 4.36 Å². The Kier molecular flexibility index (Phi) is 2.76. The van der Waals surface area contributed by atoms with E-state index in [4.69, 9.17) is 29.8 Å². The van der Waals surface area contributed by atoms with E-state index in [0.29, 0.717) is 16.6 Å². The molecule has 0 aliphatic heterocycles. The first-order valence-corrected chi connectivity index (χ1v) is 3.77. The molecule has 0 spiro atoms. The van der Waals surface area contributed by atoms with Crippen molar-refractivity contribution < 1.29 is 0 Å². The fraction of sp³-hybridized carbons (Fsp3) is 0.125. The Labute approximate surface area is 75.4 Å². The zero-order chi connectivity index (χ0) is 8.27. The molecule has 0 heterocycles. The monoisotopic (exact) mass is 185 g/mol. The van der Waals surface area contributed by atoms with E-state index in [9.17, 15) is 0 Å². The Balaban J connectivity index is 3.05. The number of hydrogen-bond donors (Lipinski definition) is 0. The standard InChI is InChI=1S/C8H5Cl2N/c1-11-5-6-4-7(9)2-3-8(6)10/h2-4H,5H2. The van der Waals surface area contributed by atoms with Crippen LogP contribution in [0.5, 0.6) is 0 Å². The van der Waals surface area contributed by atoms with Crippen molar-refractivity contribution in [1.82, 2.24) is 0 Å². The van der Waals surface area contributed by atoms with E-state index in [1.54, 1.807) is 18.2 Å². The van der Waals surface area contributed by atoms with Crippen molar-refractivity contribution in [3.8, 4) is 0 Å². The molecule has 0 aliphatic carbocycles. The van der Waals surface area contributed by atoms with Crippen molar-refractivity contribution in [3.63, 3.8) is 0 Å². The average molecular weight is 186 g/mol. The highest BCUT2D eigenvalue weighted by Gasteiger charge is 2.01. The van der Waals surface area contributed by atoms with E-state index in [-0.39, 0.29) is 0 Å². The second-order valence-electron chi connectivity index (χ2n) is 2.05. The lowest BCUT2D eigenvalue weighted by Gasteiger charge is -1.95. The molecule has 3 heteroatoms. The third kappa shape index (κ3) is 2.11. The summed E-state index contributed by atoms with van der Waals surface area (Å²) in [4.78, 5) is 3.21. The second-order valence-corrected chi connectivity index (χ2v) is 2.90. The minimum atomic E-state index is 0.291. The Hall–Kier alpha value is -0.710.